The van der Waals surface area contributed by atoms with Gasteiger partial charge in [0.15, 0.2) is 0 Å². The van der Waals surface area contributed by atoms with Crippen LogP contribution < -0.4 is 19.4 Å². The summed E-state index contributed by atoms with van der Waals surface area (Å²) in [7, 11) is 1.52. The average molecular weight is 510 g/mol. The zero-order chi connectivity index (χ0) is 26.0. The van der Waals surface area contributed by atoms with Gasteiger partial charge in [0.05, 0.1) is 37.5 Å². The second-order valence-corrected chi connectivity index (χ2v) is 8.92. The summed E-state index contributed by atoms with van der Waals surface area (Å²) >= 11 is 0. The maximum absolute atomic E-state index is 14.4. The Bertz CT molecular complexity index is 1120. The minimum Gasteiger partial charge on any atom is -0.497 e. The van der Waals surface area contributed by atoms with Crippen molar-refractivity contribution in [1.82, 2.24) is 0 Å². The number of carbonyl (C=O) groups is 1. The number of methoxy groups -OCH3 is 1. The molecule has 2 aromatic rings. The molecule has 3 unspecified atom stereocenters. The smallest absolute Gasteiger partial charge is 0.431 e. The summed E-state index contributed by atoms with van der Waals surface area (Å²) in [6.45, 7) is 2.45. The average Bonchev–Trinajstić information content (AvgIpc) is 3.16. The van der Waals surface area contributed by atoms with Crippen LogP contribution in [0.15, 0.2) is 47.6 Å². The number of hydrogen-bond acceptors (Lipinski definition) is 6. The highest BCUT2D eigenvalue weighted by molar-refractivity contribution is 5.95. The van der Waals surface area contributed by atoms with Crippen molar-refractivity contribution in [1.29, 1.82) is 0 Å². The molecule has 0 amide bonds. The van der Waals surface area contributed by atoms with Gasteiger partial charge >= 0.3 is 12.1 Å². The van der Waals surface area contributed by atoms with Crippen LogP contribution in [0, 0.1) is 11.7 Å². The van der Waals surface area contributed by atoms with Gasteiger partial charge in [-0.2, -0.15) is 18.3 Å². The molecule has 1 N–H and O–H groups in total. The lowest BCUT2D eigenvalue weighted by atomic mass is 9.94. The Hall–Kier alpha value is -3.50. The van der Waals surface area contributed by atoms with Crippen molar-refractivity contribution < 1.29 is 36.9 Å². The molecule has 2 heterocycles. The number of nitrogens with zero attached hydrogens (tertiary/aromatic N) is 3. The molecule has 2 aromatic carbocycles. The SMILES string of the molecule is COc1ccc(F)c(N2CCCC(Oc3ccc(N4N=C(C(F)(F)F)C(C)C4CC(=O)O)cc3)C2)c1. The zero-order valence-corrected chi connectivity index (χ0v) is 19.8. The summed E-state index contributed by atoms with van der Waals surface area (Å²) in [6.07, 6.45) is -3.81. The van der Waals surface area contributed by atoms with Gasteiger partial charge in [-0.15, -0.1) is 0 Å². The molecule has 36 heavy (non-hydrogen) atoms. The van der Waals surface area contributed by atoms with E-state index in [9.17, 15) is 27.5 Å². The van der Waals surface area contributed by atoms with Crippen molar-refractivity contribution in [2.75, 3.05) is 30.1 Å². The number of carboxylic acid groups (broad SMARTS) is 1. The minimum absolute atomic E-state index is 0.225. The third kappa shape index (κ3) is 5.50. The molecule has 0 saturated carbocycles. The molecule has 7 nitrogen and oxygen atoms in total. The summed E-state index contributed by atoms with van der Waals surface area (Å²) in [4.78, 5) is 13.2. The highest BCUT2D eigenvalue weighted by Crippen LogP contribution is 2.37. The molecule has 0 radical (unpaired) electrons. The predicted octanol–water partition coefficient (Wildman–Crippen LogP) is 5.10. The first-order valence-electron chi connectivity index (χ1n) is 11.6. The van der Waals surface area contributed by atoms with Crippen molar-refractivity contribution in [3.8, 4) is 11.5 Å². The number of hydrazone groups is 1. The van der Waals surface area contributed by atoms with E-state index in [4.69, 9.17) is 9.47 Å². The topological polar surface area (TPSA) is 74.6 Å². The lowest BCUT2D eigenvalue weighted by molar-refractivity contribution is -0.137. The van der Waals surface area contributed by atoms with Crippen molar-refractivity contribution in [2.24, 2.45) is 11.0 Å². The van der Waals surface area contributed by atoms with E-state index in [0.717, 1.165) is 17.9 Å². The monoisotopic (exact) mass is 509 g/mol. The molecule has 2 aliphatic heterocycles. The zero-order valence-electron chi connectivity index (χ0n) is 19.8. The predicted molar refractivity (Wildman–Crippen MR) is 126 cm³/mol. The van der Waals surface area contributed by atoms with Gasteiger partial charge < -0.3 is 19.5 Å². The van der Waals surface area contributed by atoms with Crippen LogP contribution in [-0.4, -0.2) is 55.3 Å². The van der Waals surface area contributed by atoms with Crippen molar-refractivity contribution in [3.63, 3.8) is 0 Å². The number of piperidine rings is 1. The fourth-order valence-electron chi connectivity index (χ4n) is 4.67. The van der Waals surface area contributed by atoms with Crippen LogP contribution in [0.5, 0.6) is 11.5 Å². The molecule has 11 heteroatoms. The summed E-state index contributed by atoms with van der Waals surface area (Å²) < 4.78 is 65.9. The lowest BCUT2D eigenvalue weighted by Gasteiger charge is -2.34. The third-order valence-corrected chi connectivity index (χ3v) is 6.49. The first kappa shape index (κ1) is 25.6. The maximum Gasteiger partial charge on any atom is 0.431 e. The Kier molecular flexibility index (Phi) is 7.28. The van der Waals surface area contributed by atoms with E-state index in [1.54, 1.807) is 36.4 Å². The molecule has 0 spiro atoms. The van der Waals surface area contributed by atoms with Gasteiger partial charge in [0.1, 0.15) is 29.1 Å². The standard InChI is InChI=1S/C25H27F4N3O4/c1-15-21(13-23(33)34)32(30-24(15)25(27,28)29)16-5-7-17(8-6-16)36-19-4-3-11-31(14-19)22-12-18(35-2)9-10-20(22)26/h5-10,12,15,19,21H,3-4,11,13-14H2,1-2H3,(H,33,34). The van der Waals surface area contributed by atoms with Crippen LogP contribution in [0.1, 0.15) is 26.2 Å². The van der Waals surface area contributed by atoms with Crippen LogP contribution in [0.25, 0.3) is 0 Å². The number of rotatable bonds is 7. The molecular weight excluding hydrogens is 482 g/mol. The second-order valence-electron chi connectivity index (χ2n) is 8.92. The van der Waals surface area contributed by atoms with Gasteiger partial charge in [-0.3, -0.25) is 9.80 Å². The summed E-state index contributed by atoms with van der Waals surface area (Å²) in [5.74, 6) is -1.60. The van der Waals surface area contributed by atoms with Crippen molar-refractivity contribution >= 4 is 23.1 Å². The van der Waals surface area contributed by atoms with Gasteiger partial charge in [0, 0.05) is 18.5 Å². The Morgan fingerprint density at radius 1 is 1.17 bits per heavy atom. The van der Waals surface area contributed by atoms with Gasteiger partial charge in [-0.25, -0.2) is 4.39 Å². The maximum atomic E-state index is 14.4. The number of hydrogen-bond donors (Lipinski definition) is 1. The van der Waals surface area contributed by atoms with E-state index in [2.05, 4.69) is 5.10 Å². The van der Waals surface area contributed by atoms with Gasteiger partial charge in [0.25, 0.3) is 0 Å². The Balaban J connectivity index is 1.47. The van der Waals surface area contributed by atoms with Crippen LogP contribution >= 0.6 is 0 Å². The summed E-state index contributed by atoms with van der Waals surface area (Å²) in [6, 6.07) is 9.95. The summed E-state index contributed by atoms with van der Waals surface area (Å²) in [5, 5.41) is 14.1. The van der Waals surface area contributed by atoms with E-state index in [1.165, 1.54) is 20.1 Å². The molecule has 0 aliphatic carbocycles. The van der Waals surface area contributed by atoms with Gasteiger partial charge in [-0.1, -0.05) is 6.92 Å². The third-order valence-electron chi connectivity index (χ3n) is 6.49. The van der Waals surface area contributed by atoms with Gasteiger partial charge in [0.2, 0.25) is 0 Å². The second kappa shape index (κ2) is 10.2. The number of ether oxygens (including phenoxy) is 2. The normalized spacial score (nSPS) is 22.4. The van der Waals surface area contributed by atoms with Crippen LogP contribution in [0.4, 0.5) is 28.9 Å². The molecule has 1 saturated heterocycles. The highest BCUT2D eigenvalue weighted by Gasteiger charge is 2.48. The van der Waals surface area contributed by atoms with E-state index < -0.39 is 36.2 Å². The largest absolute Gasteiger partial charge is 0.497 e. The number of anilines is 2. The summed E-state index contributed by atoms with van der Waals surface area (Å²) in [5.41, 5.74) is -0.228. The quantitative estimate of drug-likeness (QED) is 0.524. The Morgan fingerprint density at radius 2 is 1.86 bits per heavy atom. The molecule has 4 rings (SSSR count). The van der Waals surface area contributed by atoms with Crippen molar-refractivity contribution in [2.45, 2.75) is 44.5 Å². The van der Waals surface area contributed by atoms with E-state index in [0.29, 0.717) is 36.0 Å². The van der Waals surface area contributed by atoms with E-state index in [1.807, 2.05) is 4.90 Å². The minimum atomic E-state index is -4.65. The molecule has 2 aliphatic rings. The van der Waals surface area contributed by atoms with Crippen LogP contribution in [0.2, 0.25) is 0 Å². The Labute approximate surface area is 205 Å². The van der Waals surface area contributed by atoms with Crippen LogP contribution in [-0.2, 0) is 4.79 Å². The first-order chi connectivity index (χ1) is 17.1. The molecule has 0 aromatic heterocycles. The van der Waals surface area contributed by atoms with E-state index >= 15 is 0 Å². The van der Waals surface area contributed by atoms with Crippen molar-refractivity contribution in [3.05, 3.63) is 48.3 Å². The lowest BCUT2D eigenvalue weighted by Crippen LogP contribution is -2.41. The molecule has 1 fully saturated rings. The number of alkyl halides is 3. The molecule has 194 valence electrons. The fraction of sp³-hybridized carbons (Fsp3) is 0.440. The molecular formula is C25H27F4N3O4. The van der Waals surface area contributed by atoms with Gasteiger partial charge in [-0.05, 0) is 49.2 Å². The number of halogens is 4. The molecule has 3 atom stereocenters. The number of benzene rings is 2. The number of aliphatic carboxylic acids is 1. The molecule has 0 bridgehead atoms. The Morgan fingerprint density at radius 3 is 2.50 bits per heavy atom. The number of carboxylic acids is 1. The van der Waals surface area contributed by atoms with E-state index in [-0.39, 0.29) is 11.9 Å². The fourth-order valence-corrected chi connectivity index (χ4v) is 4.67. The van der Waals surface area contributed by atoms with Crippen LogP contribution in [0.3, 0.4) is 0 Å². The highest BCUT2D eigenvalue weighted by atomic mass is 19.4. The first-order valence-corrected chi connectivity index (χ1v) is 11.6.